The summed E-state index contributed by atoms with van der Waals surface area (Å²) in [5.74, 6) is 2.64. The van der Waals surface area contributed by atoms with E-state index in [1.54, 1.807) is 0 Å². The Bertz CT molecular complexity index is 426. The van der Waals surface area contributed by atoms with Gasteiger partial charge in [-0.2, -0.15) is 0 Å². The van der Waals surface area contributed by atoms with Crippen LogP contribution in [0.2, 0.25) is 0 Å². The van der Waals surface area contributed by atoms with Crippen molar-refractivity contribution in [1.82, 2.24) is 14.8 Å². The molecule has 1 saturated carbocycles. The second-order valence-corrected chi connectivity index (χ2v) is 7.28. The van der Waals surface area contributed by atoms with Gasteiger partial charge in [0, 0.05) is 44.0 Å². The van der Waals surface area contributed by atoms with E-state index in [9.17, 15) is 0 Å². The van der Waals surface area contributed by atoms with E-state index < -0.39 is 0 Å². The first-order valence-electron chi connectivity index (χ1n) is 7.13. The molecule has 98 valence electrons. The maximum absolute atomic E-state index is 4.81. The molecule has 4 heteroatoms. The lowest BCUT2D eigenvalue weighted by Gasteiger charge is -2.17. The minimum absolute atomic E-state index is 0.815. The van der Waals surface area contributed by atoms with Crippen LogP contribution in [-0.4, -0.2) is 48.0 Å². The van der Waals surface area contributed by atoms with Gasteiger partial charge in [-0.05, 0) is 31.7 Å². The van der Waals surface area contributed by atoms with Crippen LogP contribution in [0.25, 0.3) is 0 Å². The van der Waals surface area contributed by atoms with Gasteiger partial charge in [0.1, 0.15) is 0 Å². The summed E-state index contributed by atoms with van der Waals surface area (Å²) in [5, 5.41) is 3.68. The molecule has 1 aromatic heterocycles. The number of likely N-dealkylation sites (tertiary alicyclic amines) is 2. The van der Waals surface area contributed by atoms with Crippen LogP contribution in [0.15, 0.2) is 5.38 Å². The van der Waals surface area contributed by atoms with Crippen LogP contribution >= 0.6 is 11.3 Å². The van der Waals surface area contributed by atoms with E-state index in [4.69, 9.17) is 4.98 Å². The maximum atomic E-state index is 4.81. The van der Waals surface area contributed by atoms with E-state index in [0.29, 0.717) is 0 Å². The molecule has 0 N–H and O–H groups in total. The Morgan fingerprint density at radius 1 is 1.22 bits per heavy atom. The predicted molar refractivity (Wildman–Crippen MR) is 73.8 cm³/mol. The third kappa shape index (κ3) is 2.10. The fourth-order valence-electron chi connectivity index (χ4n) is 3.60. The highest BCUT2D eigenvalue weighted by molar-refractivity contribution is 7.09. The molecule has 0 radical (unpaired) electrons. The third-order valence-corrected chi connectivity index (χ3v) is 5.68. The van der Waals surface area contributed by atoms with Crippen LogP contribution < -0.4 is 0 Å². The molecule has 0 spiro atoms. The van der Waals surface area contributed by atoms with Gasteiger partial charge < -0.3 is 4.90 Å². The summed E-state index contributed by atoms with van der Waals surface area (Å²) in [5.41, 5.74) is 1.32. The zero-order valence-corrected chi connectivity index (χ0v) is 11.8. The number of nitrogens with zero attached hydrogens (tertiary/aromatic N) is 3. The van der Waals surface area contributed by atoms with Crippen LogP contribution in [-0.2, 0) is 6.54 Å². The quantitative estimate of drug-likeness (QED) is 0.831. The van der Waals surface area contributed by atoms with Gasteiger partial charge in [0.15, 0.2) is 0 Å². The van der Waals surface area contributed by atoms with Gasteiger partial charge in [-0.15, -0.1) is 11.3 Å². The maximum Gasteiger partial charge on any atom is 0.0959 e. The first-order chi connectivity index (χ1) is 8.78. The molecule has 1 aromatic rings. The summed E-state index contributed by atoms with van der Waals surface area (Å²) in [6.45, 7) is 6.24. The lowest BCUT2D eigenvalue weighted by Crippen LogP contribution is -2.26. The highest BCUT2D eigenvalue weighted by Gasteiger charge is 2.38. The molecule has 2 aliphatic heterocycles. The zero-order chi connectivity index (χ0) is 12.1. The Kier molecular flexibility index (Phi) is 2.71. The molecule has 18 heavy (non-hydrogen) atoms. The average molecular weight is 263 g/mol. The Morgan fingerprint density at radius 3 is 2.61 bits per heavy atom. The Hall–Kier alpha value is -0.450. The first-order valence-corrected chi connectivity index (χ1v) is 8.01. The topological polar surface area (TPSA) is 19.4 Å². The van der Waals surface area contributed by atoms with Crippen LogP contribution in [0.5, 0.6) is 0 Å². The number of aromatic nitrogens is 1. The summed E-state index contributed by atoms with van der Waals surface area (Å²) >= 11 is 1.88. The van der Waals surface area contributed by atoms with E-state index >= 15 is 0 Å². The van der Waals surface area contributed by atoms with Crippen LogP contribution in [0, 0.1) is 11.8 Å². The number of fused-ring (bicyclic) bond motifs is 1. The number of hydrogen-bond donors (Lipinski definition) is 0. The Balaban J connectivity index is 1.37. The van der Waals surface area contributed by atoms with Gasteiger partial charge in [-0.1, -0.05) is 0 Å². The number of hydrogen-bond acceptors (Lipinski definition) is 4. The molecule has 0 bridgehead atoms. The molecule has 3 fully saturated rings. The molecule has 1 aliphatic carbocycles. The van der Waals surface area contributed by atoms with Crippen LogP contribution in [0.3, 0.4) is 0 Å². The molecule has 3 nitrogen and oxygen atoms in total. The second kappa shape index (κ2) is 4.29. The van der Waals surface area contributed by atoms with E-state index in [0.717, 1.165) is 24.3 Å². The Labute approximate surface area is 113 Å². The minimum Gasteiger partial charge on any atom is -0.306 e. The van der Waals surface area contributed by atoms with Crippen molar-refractivity contribution in [1.29, 1.82) is 0 Å². The Morgan fingerprint density at radius 2 is 1.94 bits per heavy atom. The van der Waals surface area contributed by atoms with Crippen molar-refractivity contribution in [2.24, 2.45) is 11.8 Å². The molecule has 0 aromatic carbocycles. The van der Waals surface area contributed by atoms with Gasteiger partial charge in [0.2, 0.25) is 0 Å². The lowest BCUT2D eigenvalue weighted by atomic mass is 10.0. The van der Waals surface area contributed by atoms with Crippen molar-refractivity contribution in [3.8, 4) is 0 Å². The summed E-state index contributed by atoms with van der Waals surface area (Å²) in [7, 11) is 2.25. The van der Waals surface area contributed by atoms with Crippen molar-refractivity contribution in [2.75, 3.05) is 33.2 Å². The molecular formula is C14H21N3S. The zero-order valence-electron chi connectivity index (χ0n) is 11.0. The minimum atomic E-state index is 0.815. The molecule has 3 aliphatic rings. The fourth-order valence-corrected chi connectivity index (χ4v) is 4.58. The van der Waals surface area contributed by atoms with Crippen molar-refractivity contribution in [3.63, 3.8) is 0 Å². The SMILES string of the molecule is CN1CC2CN(Cc3csc(C4CC4)n3)CC2C1. The summed E-state index contributed by atoms with van der Waals surface area (Å²) in [6.07, 6.45) is 2.74. The van der Waals surface area contributed by atoms with Crippen molar-refractivity contribution >= 4 is 11.3 Å². The molecule has 0 amide bonds. The van der Waals surface area contributed by atoms with E-state index in [2.05, 4.69) is 22.2 Å². The van der Waals surface area contributed by atoms with E-state index in [1.165, 1.54) is 49.7 Å². The summed E-state index contributed by atoms with van der Waals surface area (Å²) in [4.78, 5) is 9.92. The van der Waals surface area contributed by atoms with Gasteiger partial charge in [-0.25, -0.2) is 4.98 Å². The highest BCUT2D eigenvalue weighted by atomic mass is 32.1. The predicted octanol–water partition coefficient (Wildman–Crippen LogP) is 2.01. The highest BCUT2D eigenvalue weighted by Crippen LogP contribution is 2.41. The standard InChI is InChI=1S/C14H21N3S/c1-16-4-11-6-17(7-12(11)5-16)8-13-9-18-14(15-13)10-2-3-10/h9-12H,2-8H2,1H3. The monoisotopic (exact) mass is 263 g/mol. The van der Waals surface area contributed by atoms with Gasteiger partial charge in [0.05, 0.1) is 10.7 Å². The lowest BCUT2D eigenvalue weighted by molar-refractivity contribution is 0.270. The molecule has 2 unspecified atom stereocenters. The van der Waals surface area contributed by atoms with E-state index in [1.807, 2.05) is 11.3 Å². The summed E-state index contributed by atoms with van der Waals surface area (Å²) < 4.78 is 0. The van der Waals surface area contributed by atoms with Gasteiger partial charge in [0.25, 0.3) is 0 Å². The second-order valence-electron chi connectivity index (χ2n) is 6.39. The molecule has 2 atom stereocenters. The smallest absolute Gasteiger partial charge is 0.0959 e. The largest absolute Gasteiger partial charge is 0.306 e. The molecule has 2 saturated heterocycles. The molecule has 3 heterocycles. The van der Waals surface area contributed by atoms with Crippen molar-refractivity contribution < 1.29 is 0 Å². The van der Waals surface area contributed by atoms with Crippen molar-refractivity contribution in [2.45, 2.75) is 25.3 Å². The van der Waals surface area contributed by atoms with Crippen LogP contribution in [0.1, 0.15) is 29.5 Å². The number of rotatable bonds is 3. The summed E-state index contributed by atoms with van der Waals surface area (Å²) in [6, 6.07) is 0. The van der Waals surface area contributed by atoms with Gasteiger partial charge >= 0.3 is 0 Å². The van der Waals surface area contributed by atoms with E-state index in [-0.39, 0.29) is 0 Å². The normalized spacial score (nSPS) is 33.2. The first kappa shape index (κ1) is 11.4. The van der Waals surface area contributed by atoms with Gasteiger partial charge in [-0.3, -0.25) is 4.90 Å². The fraction of sp³-hybridized carbons (Fsp3) is 0.786. The average Bonchev–Trinajstić information content (AvgIpc) is 2.83. The van der Waals surface area contributed by atoms with Crippen LogP contribution in [0.4, 0.5) is 0 Å². The molecular weight excluding hydrogens is 242 g/mol. The van der Waals surface area contributed by atoms with Crippen molar-refractivity contribution in [3.05, 3.63) is 16.1 Å². The number of thiazole rings is 1. The molecule has 4 rings (SSSR count). The third-order valence-electron chi connectivity index (χ3n) is 4.63.